The van der Waals surface area contributed by atoms with E-state index in [2.05, 4.69) is 17.5 Å². The van der Waals surface area contributed by atoms with Crippen LogP contribution in [0.5, 0.6) is 5.75 Å². The molecule has 3 atom stereocenters. The fourth-order valence-corrected chi connectivity index (χ4v) is 4.11. The number of rotatable bonds is 5. The van der Waals surface area contributed by atoms with Crippen LogP contribution in [-0.2, 0) is 11.3 Å². The summed E-state index contributed by atoms with van der Waals surface area (Å²) < 4.78 is 7.39. The maximum atomic E-state index is 12.3. The first kappa shape index (κ1) is 14.4. The lowest BCUT2D eigenvalue weighted by Crippen LogP contribution is -2.33. The molecule has 1 aromatic heterocycles. The maximum absolute atomic E-state index is 12.3. The van der Waals surface area contributed by atoms with E-state index in [1.54, 1.807) is 7.11 Å². The van der Waals surface area contributed by atoms with Gasteiger partial charge in [-0.05, 0) is 42.7 Å². The molecule has 1 N–H and O–H groups in total. The van der Waals surface area contributed by atoms with E-state index in [-0.39, 0.29) is 5.91 Å². The lowest BCUT2D eigenvalue weighted by molar-refractivity contribution is -0.121. The summed E-state index contributed by atoms with van der Waals surface area (Å²) in [6.07, 6.45) is 9.12. The zero-order valence-corrected chi connectivity index (χ0v) is 13.4. The van der Waals surface area contributed by atoms with E-state index in [0.717, 1.165) is 29.1 Å². The lowest BCUT2D eigenvalue weighted by atomic mass is 9.94. The highest BCUT2D eigenvalue weighted by atomic mass is 16.5. The molecule has 2 aliphatic rings. The number of methoxy groups -OCH3 is 1. The number of nitrogens with zero attached hydrogens (tertiary/aromatic N) is 1. The summed E-state index contributed by atoms with van der Waals surface area (Å²) in [5, 5.41) is 4.21. The molecule has 1 saturated carbocycles. The monoisotopic (exact) mass is 310 g/mol. The Balaban J connectivity index is 1.42. The van der Waals surface area contributed by atoms with Gasteiger partial charge < -0.3 is 14.6 Å². The molecule has 2 aliphatic carbocycles. The van der Waals surface area contributed by atoms with Crippen molar-refractivity contribution >= 4 is 16.8 Å². The van der Waals surface area contributed by atoms with E-state index >= 15 is 0 Å². The summed E-state index contributed by atoms with van der Waals surface area (Å²) >= 11 is 0. The van der Waals surface area contributed by atoms with Gasteiger partial charge in [0.2, 0.25) is 5.91 Å². The minimum Gasteiger partial charge on any atom is -0.495 e. The van der Waals surface area contributed by atoms with Crippen LogP contribution in [0, 0.1) is 17.8 Å². The Bertz CT molecular complexity index is 762. The fraction of sp³-hybridized carbons (Fsp3) is 0.421. The highest BCUT2D eigenvalue weighted by molar-refractivity contribution is 5.87. The molecule has 0 radical (unpaired) electrons. The first-order chi connectivity index (χ1) is 11.2. The molecule has 4 rings (SSSR count). The molecule has 1 heterocycles. The number of aromatic nitrogens is 1. The maximum Gasteiger partial charge on any atom is 0.239 e. The van der Waals surface area contributed by atoms with Crippen molar-refractivity contribution < 1.29 is 9.53 Å². The van der Waals surface area contributed by atoms with Crippen LogP contribution in [0.15, 0.2) is 42.6 Å². The fourth-order valence-electron chi connectivity index (χ4n) is 4.11. The number of ether oxygens (including phenoxy) is 1. The normalized spacial score (nSPS) is 25.2. The first-order valence-electron chi connectivity index (χ1n) is 8.31. The number of allylic oxidation sites excluding steroid dienone is 2. The summed E-state index contributed by atoms with van der Waals surface area (Å²) in [6, 6.07) is 7.95. The van der Waals surface area contributed by atoms with E-state index < -0.39 is 0 Å². The van der Waals surface area contributed by atoms with Crippen LogP contribution in [0.1, 0.15) is 12.8 Å². The molecule has 1 fully saturated rings. The molecular formula is C19H22N2O2. The molecular weight excluding hydrogens is 288 g/mol. The smallest absolute Gasteiger partial charge is 0.239 e. The Labute approximate surface area is 136 Å². The molecule has 23 heavy (non-hydrogen) atoms. The molecule has 0 aliphatic heterocycles. The van der Waals surface area contributed by atoms with Crippen LogP contribution in [0.4, 0.5) is 0 Å². The lowest BCUT2D eigenvalue weighted by Gasteiger charge is -2.18. The largest absolute Gasteiger partial charge is 0.495 e. The third-order valence-corrected chi connectivity index (χ3v) is 5.26. The van der Waals surface area contributed by atoms with Crippen LogP contribution in [-0.4, -0.2) is 24.1 Å². The van der Waals surface area contributed by atoms with Gasteiger partial charge >= 0.3 is 0 Å². The number of hydrogen-bond acceptors (Lipinski definition) is 2. The van der Waals surface area contributed by atoms with Gasteiger partial charge in [0.1, 0.15) is 12.3 Å². The summed E-state index contributed by atoms with van der Waals surface area (Å²) in [4.78, 5) is 12.3. The Hall–Kier alpha value is -2.23. The average Bonchev–Trinajstić information content (AvgIpc) is 3.28. The molecule has 4 nitrogen and oxygen atoms in total. The van der Waals surface area contributed by atoms with Crippen molar-refractivity contribution in [2.75, 3.05) is 13.7 Å². The predicted octanol–water partition coefficient (Wildman–Crippen LogP) is 2.98. The van der Waals surface area contributed by atoms with Gasteiger partial charge in [-0.2, -0.15) is 0 Å². The van der Waals surface area contributed by atoms with Crippen molar-refractivity contribution in [2.45, 2.75) is 19.4 Å². The molecule has 120 valence electrons. The second kappa shape index (κ2) is 5.76. The van der Waals surface area contributed by atoms with Gasteiger partial charge in [-0.3, -0.25) is 4.79 Å². The van der Waals surface area contributed by atoms with E-state index in [0.29, 0.717) is 18.4 Å². The number of fused-ring (bicyclic) bond motifs is 3. The van der Waals surface area contributed by atoms with Gasteiger partial charge in [0.25, 0.3) is 0 Å². The van der Waals surface area contributed by atoms with E-state index in [1.165, 1.54) is 12.8 Å². The van der Waals surface area contributed by atoms with Crippen LogP contribution in [0.2, 0.25) is 0 Å². The molecule has 1 amide bonds. The Morgan fingerprint density at radius 1 is 1.30 bits per heavy atom. The van der Waals surface area contributed by atoms with Gasteiger partial charge in [0.15, 0.2) is 0 Å². The van der Waals surface area contributed by atoms with Gasteiger partial charge in [-0.25, -0.2) is 0 Å². The molecule has 2 bridgehead atoms. The zero-order valence-electron chi connectivity index (χ0n) is 13.4. The number of benzene rings is 1. The second-order valence-corrected chi connectivity index (χ2v) is 6.69. The van der Waals surface area contributed by atoms with E-state index in [4.69, 9.17) is 4.74 Å². The highest BCUT2D eigenvalue weighted by Crippen LogP contribution is 2.42. The van der Waals surface area contributed by atoms with Crippen molar-refractivity contribution in [3.63, 3.8) is 0 Å². The SMILES string of the molecule is COc1cccc2ccn(CC(=O)NC[C@H]3C[C@H]4C=C[C@@H]3C4)c12. The van der Waals surface area contributed by atoms with Crippen LogP contribution in [0.3, 0.4) is 0 Å². The summed E-state index contributed by atoms with van der Waals surface area (Å²) in [5.41, 5.74) is 0.980. The van der Waals surface area contributed by atoms with Crippen molar-refractivity contribution in [1.29, 1.82) is 0 Å². The molecule has 0 spiro atoms. The summed E-state index contributed by atoms with van der Waals surface area (Å²) in [5.74, 6) is 2.91. The minimum absolute atomic E-state index is 0.0696. The van der Waals surface area contributed by atoms with Crippen molar-refractivity contribution in [2.24, 2.45) is 17.8 Å². The van der Waals surface area contributed by atoms with Gasteiger partial charge in [0.05, 0.1) is 12.6 Å². The van der Waals surface area contributed by atoms with Crippen molar-refractivity contribution in [3.8, 4) is 5.75 Å². The standard InChI is InChI=1S/C19H22N2O2/c1-23-17-4-2-3-14-7-8-21(19(14)17)12-18(22)20-11-16-10-13-5-6-15(16)9-13/h2-8,13,15-16H,9-12H2,1H3,(H,20,22)/t13-,15+,16+/m0/s1. The minimum atomic E-state index is 0.0696. The van der Waals surface area contributed by atoms with Crippen molar-refractivity contribution in [3.05, 3.63) is 42.6 Å². The van der Waals surface area contributed by atoms with Crippen LogP contribution < -0.4 is 10.1 Å². The van der Waals surface area contributed by atoms with Gasteiger partial charge in [-0.1, -0.05) is 24.3 Å². The number of carbonyl (C=O) groups is 1. The summed E-state index contributed by atoms with van der Waals surface area (Å²) in [6.45, 7) is 1.13. The molecule has 4 heteroatoms. The number of hydrogen-bond donors (Lipinski definition) is 1. The van der Waals surface area contributed by atoms with Gasteiger partial charge in [0, 0.05) is 18.1 Å². The Morgan fingerprint density at radius 3 is 2.96 bits per heavy atom. The second-order valence-electron chi connectivity index (χ2n) is 6.69. The van der Waals surface area contributed by atoms with Crippen LogP contribution >= 0.6 is 0 Å². The predicted molar refractivity (Wildman–Crippen MR) is 90.3 cm³/mol. The van der Waals surface area contributed by atoms with Crippen LogP contribution in [0.25, 0.3) is 10.9 Å². The summed E-state index contributed by atoms with van der Waals surface area (Å²) in [7, 11) is 1.66. The molecule has 1 aromatic carbocycles. The zero-order chi connectivity index (χ0) is 15.8. The highest BCUT2D eigenvalue weighted by Gasteiger charge is 2.35. The van der Waals surface area contributed by atoms with E-state index in [9.17, 15) is 4.79 Å². The number of nitrogens with one attached hydrogen (secondary N) is 1. The molecule has 0 saturated heterocycles. The third kappa shape index (κ3) is 2.62. The average molecular weight is 310 g/mol. The van der Waals surface area contributed by atoms with Gasteiger partial charge in [-0.15, -0.1) is 0 Å². The number of para-hydroxylation sites is 1. The van der Waals surface area contributed by atoms with Crippen molar-refractivity contribution in [1.82, 2.24) is 9.88 Å². The topological polar surface area (TPSA) is 43.3 Å². The Kier molecular flexibility index (Phi) is 3.60. The molecule has 0 unspecified atom stereocenters. The third-order valence-electron chi connectivity index (χ3n) is 5.26. The Morgan fingerprint density at radius 2 is 2.22 bits per heavy atom. The van der Waals surface area contributed by atoms with E-state index in [1.807, 2.05) is 35.0 Å². The quantitative estimate of drug-likeness (QED) is 0.863. The molecule has 2 aromatic rings. The number of carbonyl (C=O) groups excluding carboxylic acids is 1. The first-order valence-corrected chi connectivity index (χ1v) is 8.31. The number of amides is 1.